The predicted molar refractivity (Wildman–Crippen MR) is 138 cm³/mol. The lowest BCUT2D eigenvalue weighted by Crippen LogP contribution is -2.17. The highest BCUT2D eigenvalue weighted by Gasteiger charge is 2.23. The second-order valence-electron chi connectivity index (χ2n) is 9.09. The molecule has 1 atom stereocenters. The van der Waals surface area contributed by atoms with Crippen molar-refractivity contribution < 1.29 is 23.1 Å². The highest BCUT2D eigenvalue weighted by molar-refractivity contribution is 7.90. The van der Waals surface area contributed by atoms with Crippen LogP contribution in [0.1, 0.15) is 35.7 Å². The Kier molecular flexibility index (Phi) is 6.79. The van der Waals surface area contributed by atoms with Crippen LogP contribution in [0, 0.1) is 0 Å². The number of anilines is 1. The molecule has 2 N–H and O–H groups in total. The Balaban J connectivity index is 1.34. The fraction of sp³-hybridized carbons (Fsp3) is 0.308. The number of ether oxygens (including phenoxy) is 1. The second kappa shape index (κ2) is 10.2. The second-order valence-corrected chi connectivity index (χ2v) is 11.1. The van der Waals surface area contributed by atoms with E-state index in [-0.39, 0.29) is 11.3 Å². The van der Waals surface area contributed by atoms with Crippen molar-refractivity contribution in [2.24, 2.45) is 0 Å². The first-order valence-electron chi connectivity index (χ1n) is 12.0. The van der Waals surface area contributed by atoms with Crippen molar-refractivity contribution in [3.8, 4) is 5.75 Å². The van der Waals surface area contributed by atoms with Crippen molar-refractivity contribution in [3.05, 3.63) is 71.8 Å². The normalized spacial score (nSPS) is 14.1. The minimum absolute atomic E-state index is 0.0248. The molecule has 0 spiro atoms. The van der Waals surface area contributed by atoms with E-state index in [9.17, 15) is 18.3 Å². The van der Waals surface area contributed by atoms with Gasteiger partial charge in [0.15, 0.2) is 9.84 Å². The Morgan fingerprint density at radius 3 is 2.86 bits per heavy atom. The molecule has 0 saturated heterocycles. The summed E-state index contributed by atoms with van der Waals surface area (Å²) in [6, 6.07) is 10.4. The molecule has 11 heteroatoms. The number of hydrogen-bond acceptors (Lipinski definition) is 8. The number of aryl methyl sites for hydroxylation is 1. The maximum atomic E-state index is 12.0. The number of nitrogens with one attached hydrogen (secondary N) is 1. The van der Waals surface area contributed by atoms with E-state index in [1.54, 1.807) is 10.9 Å². The number of pyridine rings is 2. The number of aromatic nitrogens is 4. The molecule has 37 heavy (non-hydrogen) atoms. The van der Waals surface area contributed by atoms with E-state index in [1.165, 1.54) is 24.0 Å². The standard InChI is InChI=1S/C26H27N5O5S/c1-37(34,35)22-12-19(14-27-16-22)24(13-25(32)33)31-23-7-6-21(11-18(23)15-29-31)36-10-8-20-5-4-17-3-2-9-28-26(17)30-20/h4-7,11-12,14-16,24H,2-3,8-10,13H2,1H3,(H,28,30)(H,32,33)/t24-/m0/s1. The molecule has 1 aromatic carbocycles. The van der Waals surface area contributed by atoms with Gasteiger partial charge in [-0.1, -0.05) is 6.07 Å². The Bertz CT molecular complexity index is 1570. The number of hydrogen-bond donors (Lipinski definition) is 2. The number of carboxylic acids is 1. The molecule has 0 amide bonds. The van der Waals surface area contributed by atoms with Crippen LogP contribution in [-0.4, -0.2) is 58.6 Å². The van der Waals surface area contributed by atoms with Crippen molar-refractivity contribution in [3.63, 3.8) is 0 Å². The van der Waals surface area contributed by atoms with Crippen molar-refractivity contribution in [1.82, 2.24) is 19.7 Å². The molecule has 0 aliphatic carbocycles. The summed E-state index contributed by atoms with van der Waals surface area (Å²) in [7, 11) is -3.50. The number of benzene rings is 1. The van der Waals surface area contributed by atoms with Gasteiger partial charge < -0.3 is 15.2 Å². The van der Waals surface area contributed by atoms with Crippen LogP contribution >= 0.6 is 0 Å². The summed E-state index contributed by atoms with van der Waals surface area (Å²) in [4.78, 5) is 20.4. The molecule has 192 valence electrons. The molecule has 0 bridgehead atoms. The minimum Gasteiger partial charge on any atom is -0.493 e. The monoisotopic (exact) mass is 521 g/mol. The molecule has 0 radical (unpaired) electrons. The number of aliphatic carboxylic acids is 1. The first-order valence-corrected chi connectivity index (χ1v) is 13.9. The quantitative estimate of drug-likeness (QED) is 0.340. The van der Waals surface area contributed by atoms with Crippen LogP contribution in [0.3, 0.4) is 0 Å². The maximum absolute atomic E-state index is 12.0. The lowest BCUT2D eigenvalue weighted by molar-refractivity contribution is -0.137. The van der Waals surface area contributed by atoms with Gasteiger partial charge in [-0.15, -0.1) is 0 Å². The molecule has 0 unspecified atom stereocenters. The first kappa shape index (κ1) is 24.7. The fourth-order valence-corrected chi connectivity index (χ4v) is 5.08. The average molecular weight is 522 g/mol. The topological polar surface area (TPSA) is 136 Å². The average Bonchev–Trinajstić information content (AvgIpc) is 3.30. The molecule has 10 nitrogen and oxygen atoms in total. The Labute approximate surface area is 214 Å². The van der Waals surface area contributed by atoms with Crippen molar-refractivity contribution in [2.75, 3.05) is 24.7 Å². The van der Waals surface area contributed by atoms with E-state index in [0.717, 1.165) is 42.5 Å². The SMILES string of the molecule is CS(=O)(=O)c1cncc([C@H](CC(=O)O)n2ncc3cc(OCCc4ccc5c(n4)NCCC5)ccc32)c1. The summed E-state index contributed by atoms with van der Waals surface area (Å²) in [6.07, 6.45) is 7.99. The van der Waals surface area contributed by atoms with Gasteiger partial charge in [0.2, 0.25) is 0 Å². The summed E-state index contributed by atoms with van der Waals surface area (Å²) >= 11 is 0. The third kappa shape index (κ3) is 5.56. The Morgan fingerprint density at radius 2 is 2.05 bits per heavy atom. The van der Waals surface area contributed by atoms with Crippen LogP contribution in [0.4, 0.5) is 5.82 Å². The van der Waals surface area contributed by atoms with Gasteiger partial charge in [0.25, 0.3) is 0 Å². The molecule has 4 aromatic rings. The predicted octanol–water partition coefficient (Wildman–Crippen LogP) is 3.27. The minimum atomic E-state index is -3.50. The zero-order chi connectivity index (χ0) is 26.0. The molecule has 5 rings (SSSR count). The fourth-order valence-electron chi connectivity index (χ4n) is 4.48. The van der Waals surface area contributed by atoms with Crippen molar-refractivity contribution in [1.29, 1.82) is 0 Å². The van der Waals surface area contributed by atoms with Gasteiger partial charge in [0.1, 0.15) is 11.6 Å². The van der Waals surface area contributed by atoms with Gasteiger partial charge in [-0.05, 0) is 54.3 Å². The number of fused-ring (bicyclic) bond motifs is 2. The number of carbonyl (C=O) groups is 1. The van der Waals surface area contributed by atoms with E-state index in [0.29, 0.717) is 29.9 Å². The zero-order valence-corrected chi connectivity index (χ0v) is 21.1. The molecule has 4 heterocycles. The van der Waals surface area contributed by atoms with Crippen LogP contribution in [0.5, 0.6) is 5.75 Å². The van der Waals surface area contributed by atoms with E-state index in [1.807, 2.05) is 24.3 Å². The molecule has 1 aliphatic heterocycles. The molecule has 0 saturated carbocycles. The number of rotatable bonds is 9. The van der Waals surface area contributed by atoms with Crippen molar-refractivity contribution in [2.45, 2.75) is 36.6 Å². The van der Waals surface area contributed by atoms with Crippen LogP contribution in [0.15, 0.2) is 59.9 Å². The highest BCUT2D eigenvalue weighted by Crippen LogP contribution is 2.29. The number of carboxylic acid groups (broad SMARTS) is 1. The molecular formula is C26H27N5O5S. The van der Waals surface area contributed by atoms with E-state index in [4.69, 9.17) is 9.72 Å². The summed E-state index contributed by atoms with van der Waals surface area (Å²) in [5, 5.41) is 18.1. The van der Waals surface area contributed by atoms with Crippen molar-refractivity contribution >= 4 is 32.5 Å². The molecular weight excluding hydrogens is 494 g/mol. The third-order valence-electron chi connectivity index (χ3n) is 6.36. The smallest absolute Gasteiger partial charge is 0.305 e. The van der Waals surface area contributed by atoms with Crippen LogP contribution in [-0.2, 0) is 27.5 Å². The highest BCUT2D eigenvalue weighted by atomic mass is 32.2. The van der Waals surface area contributed by atoms with Crippen LogP contribution in [0.2, 0.25) is 0 Å². The number of sulfone groups is 1. The van der Waals surface area contributed by atoms with Gasteiger partial charge in [-0.3, -0.25) is 14.5 Å². The van der Waals surface area contributed by atoms with Crippen LogP contribution in [0.25, 0.3) is 10.9 Å². The van der Waals surface area contributed by atoms with Gasteiger partial charge in [0, 0.05) is 42.7 Å². The molecule has 1 aliphatic rings. The Morgan fingerprint density at radius 1 is 1.19 bits per heavy atom. The molecule has 0 fully saturated rings. The van der Waals surface area contributed by atoms with E-state index >= 15 is 0 Å². The van der Waals surface area contributed by atoms with Gasteiger partial charge in [-0.2, -0.15) is 5.10 Å². The first-order chi connectivity index (χ1) is 17.8. The van der Waals surface area contributed by atoms with E-state index in [2.05, 4.69) is 21.5 Å². The maximum Gasteiger partial charge on any atom is 0.305 e. The third-order valence-corrected chi connectivity index (χ3v) is 7.44. The lowest BCUT2D eigenvalue weighted by Gasteiger charge is -2.18. The zero-order valence-electron chi connectivity index (χ0n) is 20.3. The summed E-state index contributed by atoms with van der Waals surface area (Å²) in [5.41, 5.74) is 3.36. The number of nitrogens with zero attached hydrogens (tertiary/aromatic N) is 4. The van der Waals surface area contributed by atoms with Gasteiger partial charge in [-0.25, -0.2) is 13.4 Å². The largest absolute Gasteiger partial charge is 0.493 e. The van der Waals surface area contributed by atoms with E-state index < -0.39 is 21.8 Å². The lowest BCUT2D eigenvalue weighted by atomic mass is 10.1. The van der Waals surface area contributed by atoms with Crippen LogP contribution < -0.4 is 10.1 Å². The van der Waals surface area contributed by atoms with Gasteiger partial charge >= 0.3 is 5.97 Å². The summed E-state index contributed by atoms with van der Waals surface area (Å²) in [5.74, 6) is 0.591. The summed E-state index contributed by atoms with van der Waals surface area (Å²) < 4.78 is 31.6. The Hall–Kier alpha value is -3.99. The van der Waals surface area contributed by atoms with Gasteiger partial charge in [0.05, 0.1) is 35.7 Å². The molecule has 3 aromatic heterocycles. The summed E-state index contributed by atoms with van der Waals surface area (Å²) in [6.45, 7) is 1.40.